The first-order valence-corrected chi connectivity index (χ1v) is 5.73. The smallest absolute Gasteiger partial charge is 0.0827 e. The maximum Gasteiger partial charge on any atom is 0.0827 e. The molecule has 0 spiro atoms. The molecule has 1 aliphatic rings. The van der Waals surface area contributed by atoms with Gasteiger partial charge in [-0.1, -0.05) is 0 Å². The predicted molar refractivity (Wildman–Crippen MR) is 62.3 cm³/mol. The Bertz CT molecular complexity index is 310. The molecular weight excluding hydrogens is 188 g/mol. The number of hydrogen-bond acceptors (Lipinski definition) is 3. The van der Waals surface area contributed by atoms with Gasteiger partial charge in [0.05, 0.1) is 11.4 Å². The van der Waals surface area contributed by atoms with Crippen LogP contribution in [-0.2, 0) is 7.05 Å². The van der Waals surface area contributed by atoms with Crippen LogP contribution in [0.15, 0.2) is 6.20 Å². The maximum atomic E-state index is 4.40. The molecule has 2 rings (SSSR count). The van der Waals surface area contributed by atoms with E-state index in [0.717, 1.165) is 31.9 Å². The molecule has 0 aromatic carbocycles. The SMILES string of the molecule is Cc1nn(C)cc1N1CCCNCCC1. The Hall–Kier alpha value is -1.03. The topological polar surface area (TPSA) is 33.1 Å². The quantitative estimate of drug-likeness (QED) is 0.745. The van der Waals surface area contributed by atoms with Gasteiger partial charge in [0.15, 0.2) is 0 Å². The Morgan fingerprint density at radius 3 is 2.47 bits per heavy atom. The van der Waals surface area contributed by atoms with Gasteiger partial charge in [0, 0.05) is 26.3 Å². The Morgan fingerprint density at radius 1 is 1.27 bits per heavy atom. The maximum absolute atomic E-state index is 4.40. The normalized spacial score (nSPS) is 18.7. The van der Waals surface area contributed by atoms with Crippen LogP contribution in [0.25, 0.3) is 0 Å². The van der Waals surface area contributed by atoms with Crippen molar-refractivity contribution < 1.29 is 0 Å². The van der Waals surface area contributed by atoms with Crippen LogP contribution in [0, 0.1) is 6.92 Å². The Balaban J connectivity index is 2.09. The van der Waals surface area contributed by atoms with Crippen LogP contribution < -0.4 is 10.2 Å². The Labute approximate surface area is 91.3 Å². The molecule has 4 heteroatoms. The molecule has 0 radical (unpaired) electrons. The molecule has 0 bridgehead atoms. The van der Waals surface area contributed by atoms with E-state index in [4.69, 9.17) is 0 Å². The third kappa shape index (κ3) is 2.50. The number of aryl methyl sites for hydroxylation is 2. The van der Waals surface area contributed by atoms with Gasteiger partial charge >= 0.3 is 0 Å². The average Bonchev–Trinajstić information content (AvgIpc) is 2.45. The summed E-state index contributed by atoms with van der Waals surface area (Å²) in [6.07, 6.45) is 4.56. The summed E-state index contributed by atoms with van der Waals surface area (Å²) in [7, 11) is 1.99. The predicted octanol–water partition coefficient (Wildman–Crippen LogP) is 0.918. The fourth-order valence-corrected chi connectivity index (χ4v) is 2.17. The van der Waals surface area contributed by atoms with Crippen molar-refractivity contribution >= 4 is 5.69 Å². The first-order valence-electron chi connectivity index (χ1n) is 5.73. The summed E-state index contributed by atoms with van der Waals surface area (Å²) in [5.74, 6) is 0. The van der Waals surface area contributed by atoms with Crippen molar-refractivity contribution in [1.29, 1.82) is 0 Å². The number of nitrogens with zero attached hydrogens (tertiary/aromatic N) is 3. The van der Waals surface area contributed by atoms with E-state index in [1.165, 1.54) is 18.5 Å². The van der Waals surface area contributed by atoms with Crippen molar-refractivity contribution in [2.75, 3.05) is 31.1 Å². The fraction of sp³-hybridized carbons (Fsp3) is 0.727. The molecule has 1 N–H and O–H groups in total. The van der Waals surface area contributed by atoms with E-state index in [0.29, 0.717) is 0 Å². The minimum absolute atomic E-state index is 1.13. The van der Waals surface area contributed by atoms with E-state index in [-0.39, 0.29) is 0 Å². The molecule has 84 valence electrons. The number of rotatable bonds is 1. The summed E-state index contributed by atoms with van der Waals surface area (Å²) in [5.41, 5.74) is 2.45. The zero-order chi connectivity index (χ0) is 10.7. The van der Waals surface area contributed by atoms with Crippen molar-refractivity contribution in [2.24, 2.45) is 7.05 Å². The van der Waals surface area contributed by atoms with E-state index in [9.17, 15) is 0 Å². The first kappa shape index (κ1) is 10.5. The molecule has 0 saturated carbocycles. The van der Waals surface area contributed by atoms with E-state index in [2.05, 4.69) is 28.4 Å². The molecule has 0 unspecified atom stereocenters. The molecule has 1 aromatic rings. The second kappa shape index (κ2) is 4.66. The summed E-state index contributed by atoms with van der Waals surface area (Å²) in [6, 6.07) is 0. The second-order valence-corrected chi connectivity index (χ2v) is 4.22. The summed E-state index contributed by atoms with van der Waals surface area (Å²) >= 11 is 0. The lowest BCUT2D eigenvalue weighted by molar-refractivity contribution is 0.567. The number of nitrogens with one attached hydrogen (secondary N) is 1. The van der Waals surface area contributed by atoms with Crippen LogP contribution in [-0.4, -0.2) is 36.0 Å². The van der Waals surface area contributed by atoms with Gasteiger partial charge in [0.1, 0.15) is 0 Å². The lowest BCUT2D eigenvalue weighted by Gasteiger charge is -2.26. The molecule has 1 aromatic heterocycles. The van der Waals surface area contributed by atoms with E-state index in [1.807, 2.05) is 11.7 Å². The Morgan fingerprint density at radius 2 is 1.93 bits per heavy atom. The van der Waals surface area contributed by atoms with Gasteiger partial charge in [-0.3, -0.25) is 4.68 Å². The molecule has 1 saturated heterocycles. The molecule has 4 nitrogen and oxygen atoms in total. The van der Waals surface area contributed by atoms with Gasteiger partial charge in [-0.25, -0.2) is 0 Å². The summed E-state index contributed by atoms with van der Waals surface area (Å²) in [4.78, 5) is 2.46. The number of anilines is 1. The van der Waals surface area contributed by atoms with Crippen LogP contribution >= 0.6 is 0 Å². The highest BCUT2D eigenvalue weighted by Gasteiger charge is 2.13. The standard InChI is InChI=1S/C11H20N4/c1-10-11(9-14(2)13-10)15-7-3-5-12-6-4-8-15/h9,12H,3-8H2,1-2H3. The zero-order valence-corrected chi connectivity index (χ0v) is 9.66. The summed E-state index contributed by atoms with van der Waals surface area (Å²) in [6.45, 7) is 6.64. The summed E-state index contributed by atoms with van der Waals surface area (Å²) < 4.78 is 1.90. The summed E-state index contributed by atoms with van der Waals surface area (Å²) in [5, 5.41) is 7.83. The lowest BCUT2D eigenvalue weighted by atomic mass is 10.2. The van der Waals surface area contributed by atoms with Crippen LogP contribution in [0.5, 0.6) is 0 Å². The van der Waals surface area contributed by atoms with Gasteiger partial charge in [-0.15, -0.1) is 0 Å². The number of aromatic nitrogens is 2. The zero-order valence-electron chi connectivity index (χ0n) is 9.66. The lowest BCUT2D eigenvalue weighted by Crippen LogP contribution is -2.34. The van der Waals surface area contributed by atoms with Crippen LogP contribution in [0.1, 0.15) is 18.5 Å². The van der Waals surface area contributed by atoms with Crippen LogP contribution in [0.4, 0.5) is 5.69 Å². The molecular formula is C11H20N4. The van der Waals surface area contributed by atoms with Crippen molar-refractivity contribution in [3.8, 4) is 0 Å². The fourth-order valence-electron chi connectivity index (χ4n) is 2.17. The van der Waals surface area contributed by atoms with Crippen molar-refractivity contribution in [3.63, 3.8) is 0 Å². The molecule has 15 heavy (non-hydrogen) atoms. The van der Waals surface area contributed by atoms with E-state index >= 15 is 0 Å². The molecule has 0 amide bonds. The second-order valence-electron chi connectivity index (χ2n) is 4.22. The van der Waals surface area contributed by atoms with Crippen molar-refractivity contribution in [2.45, 2.75) is 19.8 Å². The van der Waals surface area contributed by atoms with Gasteiger partial charge in [0.2, 0.25) is 0 Å². The molecule has 1 aliphatic heterocycles. The number of hydrogen-bond donors (Lipinski definition) is 1. The van der Waals surface area contributed by atoms with Gasteiger partial charge in [0.25, 0.3) is 0 Å². The molecule has 0 aliphatic carbocycles. The molecule has 2 heterocycles. The van der Waals surface area contributed by atoms with Crippen LogP contribution in [0.3, 0.4) is 0 Å². The minimum Gasteiger partial charge on any atom is -0.369 e. The van der Waals surface area contributed by atoms with E-state index < -0.39 is 0 Å². The largest absolute Gasteiger partial charge is 0.369 e. The highest BCUT2D eigenvalue weighted by atomic mass is 15.3. The molecule has 1 fully saturated rings. The highest BCUT2D eigenvalue weighted by molar-refractivity contribution is 5.48. The Kier molecular flexibility index (Phi) is 3.26. The highest BCUT2D eigenvalue weighted by Crippen LogP contribution is 2.18. The van der Waals surface area contributed by atoms with Crippen molar-refractivity contribution in [3.05, 3.63) is 11.9 Å². The van der Waals surface area contributed by atoms with Gasteiger partial charge in [-0.2, -0.15) is 5.10 Å². The van der Waals surface area contributed by atoms with Crippen molar-refractivity contribution in [1.82, 2.24) is 15.1 Å². The molecule has 0 atom stereocenters. The third-order valence-corrected chi connectivity index (χ3v) is 2.89. The minimum atomic E-state index is 1.13. The first-order chi connectivity index (χ1) is 7.27. The van der Waals surface area contributed by atoms with E-state index in [1.54, 1.807) is 0 Å². The monoisotopic (exact) mass is 208 g/mol. The third-order valence-electron chi connectivity index (χ3n) is 2.89. The van der Waals surface area contributed by atoms with Crippen LogP contribution in [0.2, 0.25) is 0 Å². The van der Waals surface area contributed by atoms with Gasteiger partial charge < -0.3 is 10.2 Å². The average molecular weight is 208 g/mol. The van der Waals surface area contributed by atoms with Gasteiger partial charge in [-0.05, 0) is 32.9 Å².